The molecular formula is C19H15ClN4O2S. The zero-order valence-electron chi connectivity index (χ0n) is 14.3. The van der Waals surface area contributed by atoms with Crippen molar-refractivity contribution in [3.63, 3.8) is 0 Å². The summed E-state index contributed by atoms with van der Waals surface area (Å²) < 4.78 is 8.17. The van der Waals surface area contributed by atoms with Crippen molar-refractivity contribution in [2.24, 2.45) is 0 Å². The summed E-state index contributed by atoms with van der Waals surface area (Å²) in [5.74, 6) is 0.243. The molecule has 2 aromatic heterocycles. The second-order valence-corrected chi connectivity index (χ2v) is 7.33. The Morgan fingerprint density at radius 3 is 2.96 bits per heavy atom. The topological polar surface area (TPSA) is 69.0 Å². The maximum atomic E-state index is 12.4. The molecule has 0 saturated carbocycles. The van der Waals surface area contributed by atoms with Gasteiger partial charge in [0.2, 0.25) is 0 Å². The molecule has 136 valence electrons. The Morgan fingerprint density at radius 1 is 1.26 bits per heavy atom. The number of carbonyl (C=O) groups excluding carboxylic acids is 1. The van der Waals surface area contributed by atoms with Gasteiger partial charge in [0.25, 0.3) is 5.91 Å². The maximum absolute atomic E-state index is 12.4. The molecular weight excluding hydrogens is 384 g/mol. The van der Waals surface area contributed by atoms with Crippen molar-refractivity contribution in [2.75, 3.05) is 5.32 Å². The molecule has 0 radical (unpaired) electrons. The van der Waals surface area contributed by atoms with Crippen LogP contribution in [0.4, 0.5) is 5.13 Å². The zero-order chi connectivity index (χ0) is 18.8. The van der Waals surface area contributed by atoms with Crippen molar-refractivity contribution < 1.29 is 9.53 Å². The third-order valence-corrected chi connectivity index (χ3v) is 5.07. The summed E-state index contributed by atoms with van der Waals surface area (Å²) in [7, 11) is 0. The number of hydrogen-bond acceptors (Lipinski definition) is 5. The standard InChI is InChI=1S/C19H15ClN4O2S/c1-12-6-7-14-17(10-12)27-19(21-14)22-18(25)15-8-9-24(23-15)11-26-16-5-3-2-4-13(16)20/h2-10H,11H2,1H3,(H,21,22,25). The molecule has 27 heavy (non-hydrogen) atoms. The van der Waals surface area contributed by atoms with Gasteiger partial charge < -0.3 is 4.74 Å². The van der Waals surface area contributed by atoms with Crippen molar-refractivity contribution in [3.05, 3.63) is 71.0 Å². The van der Waals surface area contributed by atoms with Crippen molar-refractivity contribution in [1.82, 2.24) is 14.8 Å². The lowest BCUT2D eigenvalue weighted by atomic mass is 10.2. The van der Waals surface area contributed by atoms with E-state index in [0.29, 0.717) is 15.9 Å². The number of rotatable bonds is 5. The Kier molecular flexibility index (Phi) is 4.79. The first-order chi connectivity index (χ1) is 13.1. The van der Waals surface area contributed by atoms with Crippen molar-refractivity contribution >= 4 is 44.2 Å². The average molecular weight is 399 g/mol. The van der Waals surface area contributed by atoms with E-state index in [0.717, 1.165) is 15.8 Å². The van der Waals surface area contributed by atoms with Crippen molar-refractivity contribution in [2.45, 2.75) is 13.7 Å². The summed E-state index contributed by atoms with van der Waals surface area (Å²) in [5, 5.41) is 8.09. The number of thiazole rings is 1. The number of halogens is 1. The molecule has 0 bridgehead atoms. The third-order valence-electron chi connectivity index (χ3n) is 3.83. The first kappa shape index (κ1) is 17.5. The fourth-order valence-electron chi connectivity index (χ4n) is 2.50. The lowest BCUT2D eigenvalue weighted by Crippen LogP contribution is -2.14. The number of aryl methyl sites for hydroxylation is 1. The van der Waals surface area contributed by atoms with Crippen LogP contribution in [0.1, 0.15) is 16.1 Å². The van der Waals surface area contributed by atoms with Gasteiger partial charge in [0.1, 0.15) is 5.75 Å². The quantitative estimate of drug-likeness (QED) is 0.527. The highest BCUT2D eigenvalue weighted by Gasteiger charge is 2.13. The highest BCUT2D eigenvalue weighted by Crippen LogP contribution is 2.27. The Labute approximate surface area is 164 Å². The van der Waals surface area contributed by atoms with Gasteiger partial charge in [-0.05, 0) is 42.8 Å². The van der Waals surface area contributed by atoms with Crippen molar-refractivity contribution in [3.8, 4) is 5.75 Å². The summed E-state index contributed by atoms with van der Waals surface area (Å²) in [4.78, 5) is 16.8. The molecule has 0 spiro atoms. The zero-order valence-corrected chi connectivity index (χ0v) is 15.9. The van der Waals surface area contributed by atoms with E-state index < -0.39 is 0 Å². The van der Waals surface area contributed by atoms with Gasteiger partial charge >= 0.3 is 0 Å². The Hall–Kier alpha value is -2.90. The lowest BCUT2D eigenvalue weighted by molar-refractivity contribution is 0.102. The van der Waals surface area contributed by atoms with Crippen LogP contribution >= 0.6 is 22.9 Å². The number of benzene rings is 2. The Balaban J connectivity index is 1.42. The number of para-hydroxylation sites is 1. The molecule has 8 heteroatoms. The van der Waals surface area contributed by atoms with E-state index in [1.54, 1.807) is 24.4 Å². The minimum atomic E-state index is -0.317. The van der Waals surface area contributed by atoms with Gasteiger partial charge in [0.05, 0.1) is 15.2 Å². The molecule has 0 fully saturated rings. The molecule has 2 heterocycles. The van der Waals surface area contributed by atoms with E-state index in [9.17, 15) is 4.79 Å². The van der Waals surface area contributed by atoms with Gasteiger partial charge in [-0.1, -0.05) is 41.1 Å². The summed E-state index contributed by atoms with van der Waals surface area (Å²) in [6, 6.07) is 14.8. The van der Waals surface area contributed by atoms with Crippen LogP contribution in [-0.2, 0) is 6.73 Å². The second kappa shape index (κ2) is 7.38. The van der Waals surface area contributed by atoms with Crippen LogP contribution in [0.2, 0.25) is 5.02 Å². The molecule has 4 aromatic rings. The first-order valence-electron chi connectivity index (χ1n) is 8.18. The minimum Gasteiger partial charge on any atom is -0.470 e. The van der Waals surface area contributed by atoms with Crippen LogP contribution in [0.25, 0.3) is 10.2 Å². The number of nitrogens with zero attached hydrogens (tertiary/aromatic N) is 3. The van der Waals surface area contributed by atoms with Crippen LogP contribution in [-0.4, -0.2) is 20.7 Å². The monoisotopic (exact) mass is 398 g/mol. The summed E-state index contributed by atoms with van der Waals surface area (Å²) in [5.41, 5.74) is 2.30. The van der Waals surface area contributed by atoms with Gasteiger partial charge in [0.15, 0.2) is 17.6 Å². The largest absolute Gasteiger partial charge is 0.470 e. The van der Waals surface area contributed by atoms with Gasteiger partial charge in [-0.25, -0.2) is 9.67 Å². The number of hydrogen-bond donors (Lipinski definition) is 1. The predicted molar refractivity (Wildman–Crippen MR) is 107 cm³/mol. The number of anilines is 1. The third kappa shape index (κ3) is 3.94. The number of ether oxygens (including phenoxy) is 1. The molecule has 1 N–H and O–H groups in total. The molecule has 0 saturated heterocycles. The molecule has 0 atom stereocenters. The summed E-state index contributed by atoms with van der Waals surface area (Å²) in [6.45, 7) is 2.17. The van der Waals surface area contributed by atoms with Gasteiger partial charge in [0, 0.05) is 6.20 Å². The second-order valence-electron chi connectivity index (χ2n) is 5.89. The van der Waals surface area contributed by atoms with Crippen molar-refractivity contribution in [1.29, 1.82) is 0 Å². The number of carbonyl (C=O) groups is 1. The highest BCUT2D eigenvalue weighted by atomic mass is 35.5. The van der Waals surface area contributed by atoms with E-state index in [-0.39, 0.29) is 18.3 Å². The maximum Gasteiger partial charge on any atom is 0.277 e. The number of nitrogens with one attached hydrogen (secondary N) is 1. The first-order valence-corrected chi connectivity index (χ1v) is 9.37. The molecule has 6 nitrogen and oxygen atoms in total. The number of amides is 1. The molecule has 4 rings (SSSR count). The molecule has 2 aromatic carbocycles. The fourth-order valence-corrected chi connectivity index (χ4v) is 3.65. The van der Waals surface area contributed by atoms with E-state index in [1.807, 2.05) is 37.3 Å². The van der Waals surface area contributed by atoms with Crippen LogP contribution < -0.4 is 10.1 Å². The molecule has 0 aliphatic heterocycles. The number of aromatic nitrogens is 3. The Bertz CT molecular complexity index is 1120. The summed E-state index contributed by atoms with van der Waals surface area (Å²) >= 11 is 7.49. The predicted octanol–water partition coefficient (Wildman–Crippen LogP) is 4.74. The van der Waals surface area contributed by atoms with Crippen LogP contribution in [0.15, 0.2) is 54.7 Å². The van der Waals surface area contributed by atoms with E-state index in [1.165, 1.54) is 16.0 Å². The molecule has 0 unspecified atom stereocenters. The van der Waals surface area contributed by atoms with Gasteiger partial charge in [-0.2, -0.15) is 5.10 Å². The smallest absolute Gasteiger partial charge is 0.277 e. The van der Waals surface area contributed by atoms with Crippen LogP contribution in [0.3, 0.4) is 0 Å². The fraction of sp³-hybridized carbons (Fsp3) is 0.105. The SMILES string of the molecule is Cc1ccc2nc(NC(=O)c3ccn(COc4ccccc4Cl)n3)sc2c1. The molecule has 0 aliphatic carbocycles. The Morgan fingerprint density at radius 2 is 2.11 bits per heavy atom. The normalized spacial score (nSPS) is 10.9. The summed E-state index contributed by atoms with van der Waals surface area (Å²) in [6.07, 6.45) is 1.67. The average Bonchev–Trinajstić information content (AvgIpc) is 3.27. The van der Waals surface area contributed by atoms with E-state index in [2.05, 4.69) is 15.4 Å². The van der Waals surface area contributed by atoms with Gasteiger partial charge in [-0.15, -0.1) is 0 Å². The molecule has 0 aliphatic rings. The lowest BCUT2D eigenvalue weighted by Gasteiger charge is -2.07. The van der Waals surface area contributed by atoms with Gasteiger partial charge in [-0.3, -0.25) is 10.1 Å². The van der Waals surface area contributed by atoms with E-state index in [4.69, 9.17) is 16.3 Å². The number of fused-ring (bicyclic) bond motifs is 1. The highest BCUT2D eigenvalue weighted by molar-refractivity contribution is 7.22. The van der Waals surface area contributed by atoms with Crippen LogP contribution in [0.5, 0.6) is 5.75 Å². The minimum absolute atomic E-state index is 0.150. The molecule has 1 amide bonds. The van der Waals surface area contributed by atoms with E-state index >= 15 is 0 Å². The van der Waals surface area contributed by atoms with Crippen LogP contribution in [0, 0.1) is 6.92 Å².